The minimum Gasteiger partial charge on any atom is -0.396 e. The van der Waals surface area contributed by atoms with Crippen LogP contribution in [0.5, 0.6) is 0 Å². The average Bonchev–Trinajstić information content (AvgIpc) is 2.50. The lowest BCUT2D eigenvalue weighted by Crippen LogP contribution is -2.40. The lowest BCUT2D eigenvalue weighted by Gasteiger charge is -2.31. The molecule has 1 aromatic rings. The summed E-state index contributed by atoms with van der Waals surface area (Å²) in [7, 11) is 0. The molecule has 1 rings (SSSR count). The second kappa shape index (κ2) is 10.5. The van der Waals surface area contributed by atoms with Gasteiger partial charge in [-0.25, -0.2) is 0 Å². The maximum absolute atomic E-state index is 11.9. The van der Waals surface area contributed by atoms with Crippen LogP contribution in [0.25, 0.3) is 0 Å². The minimum atomic E-state index is -0.0157. The number of carbonyl (C=O) groups excluding carboxylic acids is 1. The molecule has 0 spiro atoms. The van der Waals surface area contributed by atoms with Crippen molar-refractivity contribution in [2.45, 2.75) is 33.1 Å². The standard InChI is InChI=1S/C16H26N2O2.ClH/c1-3-16(4-2,10-11-19)13-18-15(20)12-17-14-8-6-5-7-9-14;/h5-9,17,19H,3-4,10-13H2,1-2H3,(H,18,20);1H. The molecule has 1 amide bonds. The van der Waals surface area contributed by atoms with Gasteiger partial charge >= 0.3 is 0 Å². The summed E-state index contributed by atoms with van der Waals surface area (Å²) in [5.41, 5.74) is 0.951. The van der Waals surface area contributed by atoms with Gasteiger partial charge in [0.05, 0.1) is 6.54 Å². The topological polar surface area (TPSA) is 61.4 Å². The predicted molar refractivity (Wildman–Crippen MR) is 89.9 cm³/mol. The van der Waals surface area contributed by atoms with Crippen LogP contribution in [0.1, 0.15) is 33.1 Å². The zero-order valence-electron chi connectivity index (χ0n) is 12.9. The fourth-order valence-electron chi connectivity index (χ4n) is 2.27. The Morgan fingerprint density at radius 1 is 1.19 bits per heavy atom. The van der Waals surface area contributed by atoms with E-state index in [9.17, 15) is 4.79 Å². The third kappa shape index (κ3) is 6.82. The second-order valence-corrected chi connectivity index (χ2v) is 5.18. The van der Waals surface area contributed by atoms with Crippen LogP contribution >= 0.6 is 12.4 Å². The number of carbonyl (C=O) groups is 1. The SMILES string of the molecule is CCC(CC)(CCO)CNC(=O)CNc1ccccc1.Cl. The summed E-state index contributed by atoms with van der Waals surface area (Å²) in [5, 5.41) is 15.2. The van der Waals surface area contributed by atoms with Gasteiger partial charge in [-0.15, -0.1) is 12.4 Å². The van der Waals surface area contributed by atoms with Gasteiger partial charge in [0.1, 0.15) is 0 Å². The summed E-state index contributed by atoms with van der Waals surface area (Å²) >= 11 is 0. The van der Waals surface area contributed by atoms with E-state index in [4.69, 9.17) is 5.11 Å². The predicted octanol–water partition coefficient (Wildman–Crippen LogP) is 2.83. The van der Waals surface area contributed by atoms with Crippen LogP contribution < -0.4 is 10.6 Å². The average molecular weight is 315 g/mol. The van der Waals surface area contributed by atoms with Crippen molar-refractivity contribution in [3.05, 3.63) is 30.3 Å². The van der Waals surface area contributed by atoms with E-state index in [1.165, 1.54) is 0 Å². The number of amides is 1. The van der Waals surface area contributed by atoms with Gasteiger partial charge in [-0.2, -0.15) is 0 Å². The number of rotatable bonds is 9. The summed E-state index contributed by atoms with van der Waals surface area (Å²) in [4.78, 5) is 11.9. The van der Waals surface area contributed by atoms with E-state index in [0.29, 0.717) is 6.54 Å². The largest absolute Gasteiger partial charge is 0.396 e. The van der Waals surface area contributed by atoms with E-state index >= 15 is 0 Å². The van der Waals surface area contributed by atoms with Gasteiger partial charge in [-0.1, -0.05) is 32.0 Å². The molecule has 0 atom stereocenters. The van der Waals surface area contributed by atoms with Gasteiger partial charge in [0.25, 0.3) is 0 Å². The molecular formula is C16H27ClN2O2. The summed E-state index contributed by atoms with van der Waals surface area (Å²) in [6, 6.07) is 9.67. The summed E-state index contributed by atoms with van der Waals surface area (Å²) in [5.74, 6) is -0.0157. The molecule has 21 heavy (non-hydrogen) atoms. The van der Waals surface area contributed by atoms with Gasteiger partial charge in [0.2, 0.25) is 5.91 Å². The number of nitrogens with one attached hydrogen (secondary N) is 2. The van der Waals surface area contributed by atoms with Crippen molar-refractivity contribution in [2.75, 3.05) is 25.0 Å². The zero-order valence-corrected chi connectivity index (χ0v) is 13.7. The molecule has 0 radical (unpaired) electrons. The quantitative estimate of drug-likeness (QED) is 0.657. The van der Waals surface area contributed by atoms with Crippen molar-refractivity contribution >= 4 is 24.0 Å². The van der Waals surface area contributed by atoms with E-state index in [2.05, 4.69) is 24.5 Å². The third-order valence-corrected chi connectivity index (χ3v) is 4.03. The van der Waals surface area contributed by atoms with E-state index in [-0.39, 0.29) is 36.9 Å². The van der Waals surface area contributed by atoms with Crippen LogP contribution in [0.2, 0.25) is 0 Å². The Kier molecular flexibility index (Phi) is 9.84. The molecule has 0 saturated heterocycles. The molecule has 0 saturated carbocycles. The molecule has 120 valence electrons. The first kappa shape index (κ1) is 19.7. The number of hydrogen-bond acceptors (Lipinski definition) is 3. The normalized spacial score (nSPS) is 10.6. The molecule has 0 bridgehead atoms. The monoisotopic (exact) mass is 314 g/mol. The van der Waals surface area contributed by atoms with Crippen molar-refractivity contribution in [1.82, 2.24) is 5.32 Å². The van der Waals surface area contributed by atoms with Crippen molar-refractivity contribution < 1.29 is 9.90 Å². The number of halogens is 1. The van der Waals surface area contributed by atoms with Gasteiger partial charge in [-0.3, -0.25) is 4.79 Å². The molecule has 0 unspecified atom stereocenters. The molecule has 0 heterocycles. The molecule has 3 N–H and O–H groups in total. The highest BCUT2D eigenvalue weighted by Crippen LogP contribution is 2.29. The Bertz CT molecular complexity index is 395. The second-order valence-electron chi connectivity index (χ2n) is 5.18. The summed E-state index contributed by atoms with van der Waals surface area (Å²) < 4.78 is 0. The highest BCUT2D eigenvalue weighted by Gasteiger charge is 2.25. The lowest BCUT2D eigenvalue weighted by atomic mass is 9.79. The van der Waals surface area contributed by atoms with Gasteiger partial charge in [0, 0.05) is 18.8 Å². The molecule has 0 aromatic heterocycles. The molecule has 0 aliphatic heterocycles. The van der Waals surface area contributed by atoms with E-state index < -0.39 is 0 Å². The van der Waals surface area contributed by atoms with Gasteiger partial charge in [-0.05, 0) is 36.8 Å². The van der Waals surface area contributed by atoms with E-state index in [1.807, 2.05) is 30.3 Å². The number of benzene rings is 1. The minimum absolute atomic E-state index is 0. The number of aliphatic hydroxyl groups excluding tert-OH is 1. The van der Waals surface area contributed by atoms with Gasteiger partial charge < -0.3 is 15.7 Å². The van der Waals surface area contributed by atoms with E-state index in [1.54, 1.807) is 0 Å². The maximum atomic E-state index is 11.9. The van der Waals surface area contributed by atoms with Crippen molar-refractivity contribution in [2.24, 2.45) is 5.41 Å². The van der Waals surface area contributed by atoms with Crippen LogP contribution in [-0.2, 0) is 4.79 Å². The zero-order chi connectivity index (χ0) is 14.8. The smallest absolute Gasteiger partial charge is 0.239 e. The first-order valence-electron chi connectivity index (χ1n) is 7.32. The van der Waals surface area contributed by atoms with Gasteiger partial charge in [0.15, 0.2) is 0 Å². The molecule has 0 fully saturated rings. The number of aliphatic hydroxyl groups is 1. The van der Waals surface area contributed by atoms with Crippen LogP contribution in [-0.4, -0.2) is 30.7 Å². The first-order valence-corrected chi connectivity index (χ1v) is 7.32. The highest BCUT2D eigenvalue weighted by atomic mass is 35.5. The fraction of sp³-hybridized carbons (Fsp3) is 0.562. The van der Waals surface area contributed by atoms with Crippen molar-refractivity contribution in [3.63, 3.8) is 0 Å². The molecule has 4 nitrogen and oxygen atoms in total. The molecule has 0 aliphatic rings. The number of anilines is 1. The lowest BCUT2D eigenvalue weighted by molar-refractivity contribution is -0.120. The summed E-state index contributed by atoms with van der Waals surface area (Å²) in [6.07, 6.45) is 2.64. The van der Waals surface area contributed by atoms with Crippen LogP contribution in [0, 0.1) is 5.41 Å². The molecular weight excluding hydrogens is 288 g/mol. The Hall–Kier alpha value is -1.26. The Balaban J connectivity index is 0.00000400. The third-order valence-electron chi connectivity index (χ3n) is 4.03. The Morgan fingerprint density at radius 2 is 1.81 bits per heavy atom. The highest BCUT2D eigenvalue weighted by molar-refractivity contribution is 5.85. The maximum Gasteiger partial charge on any atom is 0.239 e. The van der Waals surface area contributed by atoms with Crippen LogP contribution in [0.15, 0.2) is 30.3 Å². The molecule has 0 aliphatic carbocycles. The number of para-hydroxylation sites is 1. The Morgan fingerprint density at radius 3 is 2.33 bits per heavy atom. The van der Waals surface area contributed by atoms with Crippen LogP contribution in [0.4, 0.5) is 5.69 Å². The van der Waals surface area contributed by atoms with Crippen molar-refractivity contribution in [3.8, 4) is 0 Å². The van der Waals surface area contributed by atoms with E-state index in [0.717, 1.165) is 24.9 Å². The molecule has 1 aromatic carbocycles. The molecule has 5 heteroatoms. The summed E-state index contributed by atoms with van der Waals surface area (Å²) in [6.45, 7) is 5.27. The number of hydrogen-bond donors (Lipinski definition) is 3. The Labute approximate surface area is 133 Å². The first-order chi connectivity index (χ1) is 9.65. The van der Waals surface area contributed by atoms with Crippen LogP contribution in [0.3, 0.4) is 0 Å². The van der Waals surface area contributed by atoms with Crippen molar-refractivity contribution in [1.29, 1.82) is 0 Å². The fourth-order valence-corrected chi connectivity index (χ4v) is 2.27.